The summed E-state index contributed by atoms with van der Waals surface area (Å²) >= 11 is 0. The molecule has 0 heterocycles. The third-order valence-electron chi connectivity index (χ3n) is 4.00. The first-order valence-corrected chi connectivity index (χ1v) is 7.76. The molecular weight excluding hydrogens is 251 g/mol. The van der Waals surface area contributed by atoms with E-state index >= 15 is 0 Å². The van der Waals surface area contributed by atoms with Crippen LogP contribution in [0.25, 0.3) is 0 Å². The third-order valence-corrected chi connectivity index (χ3v) is 4.00. The molecule has 0 aliphatic heterocycles. The average molecular weight is 280 g/mol. The lowest BCUT2D eigenvalue weighted by Crippen LogP contribution is -2.55. The zero-order chi connectivity index (χ0) is 15.2. The van der Waals surface area contributed by atoms with Gasteiger partial charge in [-0.3, -0.25) is 4.90 Å². The fraction of sp³-hybridized carbons (Fsp3) is 0.647. The lowest BCUT2D eigenvalue weighted by atomic mass is 9.82. The molecule has 0 aliphatic rings. The normalized spacial score (nSPS) is 16.1. The number of nitrogens with two attached hydrogens (primary N) is 1. The van der Waals surface area contributed by atoms with Crippen LogP contribution in [0.15, 0.2) is 24.3 Å². The molecule has 0 spiro atoms. The van der Waals surface area contributed by atoms with Crippen LogP contribution in [-0.2, 0) is 5.54 Å². The molecule has 2 nitrogen and oxygen atoms in total. The van der Waals surface area contributed by atoms with Gasteiger partial charge in [0.05, 0.1) is 5.54 Å². The molecule has 0 amide bonds. The van der Waals surface area contributed by atoms with Gasteiger partial charge in [0.2, 0.25) is 0 Å². The van der Waals surface area contributed by atoms with E-state index in [1.165, 1.54) is 6.07 Å². The molecule has 0 saturated heterocycles. The molecule has 1 aromatic carbocycles. The first kappa shape index (κ1) is 17.1. The molecule has 1 aromatic rings. The topological polar surface area (TPSA) is 29.3 Å². The standard InChI is InChI=1S/C17H29FN2/c1-5-12-20(13-6-2)16(7-3)17(4,19)14-10-8-9-11-15(14)18/h8-11,16H,5-7,12-13,19H2,1-4H3. The minimum Gasteiger partial charge on any atom is -0.320 e. The molecule has 0 fully saturated rings. The molecule has 0 radical (unpaired) electrons. The SMILES string of the molecule is CCCN(CCC)C(CC)C(C)(N)c1ccccc1F. The molecule has 1 rings (SSSR count). The fourth-order valence-electron chi connectivity index (χ4n) is 3.14. The van der Waals surface area contributed by atoms with E-state index in [4.69, 9.17) is 5.73 Å². The quantitative estimate of drug-likeness (QED) is 0.782. The molecule has 2 atom stereocenters. The second kappa shape index (κ2) is 7.75. The minimum atomic E-state index is -0.676. The Morgan fingerprint density at radius 2 is 1.70 bits per heavy atom. The Morgan fingerprint density at radius 3 is 2.15 bits per heavy atom. The highest BCUT2D eigenvalue weighted by atomic mass is 19.1. The molecule has 0 bridgehead atoms. The van der Waals surface area contributed by atoms with E-state index < -0.39 is 5.54 Å². The van der Waals surface area contributed by atoms with Gasteiger partial charge in [0.25, 0.3) is 0 Å². The molecule has 20 heavy (non-hydrogen) atoms. The first-order chi connectivity index (χ1) is 9.48. The van der Waals surface area contributed by atoms with Crippen molar-refractivity contribution in [1.29, 1.82) is 0 Å². The summed E-state index contributed by atoms with van der Waals surface area (Å²) in [5.41, 5.74) is 6.51. The van der Waals surface area contributed by atoms with E-state index in [9.17, 15) is 4.39 Å². The Kier molecular flexibility index (Phi) is 6.63. The van der Waals surface area contributed by atoms with Gasteiger partial charge >= 0.3 is 0 Å². The van der Waals surface area contributed by atoms with Crippen LogP contribution in [0.5, 0.6) is 0 Å². The second-order valence-corrected chi connectivity index (χ2v) is 5.72. The Morgan fingerprint density at radius 1 is 1.15 bits per heavy atom. The maximum absolute atomic E-state index is 14.1. The lowest BCUT2D eigenvalue weighted by molar-refractivity contribution is 0.120. The zero-order valence-electron chi connectivity index (χ0n) is 13.3. The van der Waals surface area contributed by atoms with Gasteiger partial charge in [-0.1, -0.05) is 39.0 Å². The summed E-state index contributed by atoms with van der Waals surface area (Å²) in [5.74, 6) is -0.205. The maximum atomic E-state index is 14.1. The summed E-state index contributed by atoms with van der Waals surface area (Å²) < 4.78 is 14.1. The minimum absolute atomic E-state index is 0.152. The van der Waals surface area contributed by atoms with E-state index in [2.05, 4.69) is 25.7 Å². The molecule has 2 N–H and O–H groups in total. The van der Waals surface area contributed by atoms with Crippen LogP contribution in [0.2, 0.25) is 0 Å². The summed E-state index contributed by atoms with van der Waals surface area (Å²) in [4.78, 5) is 2.41. The van der Waals surface area contributed by atoms with Crippen molar-refractivity contribution >= 4 is 0 Å². The van der Waals surface area contributed by atoms with Gasteiger partial charge in [0, 0.05) is 11.6 Å². The molecule has 114 valence electrons. The van der Waals surface area contributed by atoms with Crippen LogP contribution in [0.1, 0.15) is 52.5 Å². The fourth-order valence-corrected chi connectivity index (χ4v) is 3.14. The number of hydrogen-bond donors (Lipinski definition) is 1. The van der Waals surface area contributed by atoms with Crippen LogP contribution in [0, 0.1) is 5.82 Å². The second-order valence-electron chi connectivity index (χ2n) is 5.72. The summed E-state index contributed by atoms with van der Waals surface area (Å²) in [7, 11) is 0. The lowest BCUT2D eigenvalue weighted by Gasteiger charge is -2.42. The Labute approximate surface area is 123 Å². The van der Waals surface area contributed by atoms with Crippen molar-refractivity contribution < 1.29 is 4.39 Å². The van der Waals surface area contributed by atoms with Crippen molar-refractivity contribution in [3.63, 3.8) is 0 Å². The molecular formula is C17H29FN2. The average Bonchev–Trinajstić information content (AvgIpc) is 2.40. The monoisotopic (exact) mass is 280 g/mol. The zero-order valence-corrected chi connectivity index (χ0v) is 13.3. The maximum Gasteiger partial charge on any atom is 0.128 e. The van der Waals surface area contributed by atoms with Crippen molar-refractivity contribution in [2.24, 2.45) is 5.73 Å². The number of nitrogens with zero attached hydrogens (tertiary/aromatic N) is 1. The summed E-state index contributed by atoms with van der Waals surface area (Å²) in [6, 6.07) is 7.04. The van der Waals surface area contributed by atoms with E-state index in [-0.39, 0.29) is 11.9 Å². The van der Waals surface area contributed by atoms with Crippen molar-refractivity contribution in [2.75, 3.05) is 13.1 Å². The highest BCUT2D eigenvalue weighted by Gasteiger charge is 2.36. The highest BCUT2D eigenvalue weighted by molar-refractivity contribution is 5.27. The summed E-state index contributed by atoms with van der Waals surface area (Å²) in [6.45, 7) is 10.5. The van der Waals surface area contributed by atoms with Gasteiger partial charge in [-0.25, -0.2) is 4.39 Å². The molecule has 3 heteroatoms. The van der Waals surface area contributed by atoms with Crippen molar-refractivity contribution in [1.82, 2.24) is 4.90 Å². The Balaban J connectivity index is 3.10. The van der Waals surface area contributed by atoms with Crippen molar-refractivity contribution in [3.8, 4) is 0 Å². The van der Waals surface area contributed by atoms with Crippen molar-refractivity contribution in [2.45, 2.75) is 58.5 Å². The Hall–Kier alpha value is -0.930. The largest absolute Gasteiger partial charge is 0.320 e. The number of benzene rings is 1. The van der Waals surface area contributed by atoms with Crippen LogP contribution >= 0.6 is 0 Å². The van der Waals surface area contributed by atoms with Crippen LogP contribution in [0.3, 0.4) is 0 Å². The van der Waals surface area contributed by atoms with Gasteiger partial charge in [0.15, 0.2) is 0 Å². The molecule has 0 saturated carbocycles. The van der Waals surface area contributed by atoms with Gasteiger partial charge < -0.3 is 5.73 Å². The number of halogens is 1. The summed E-state index contributed by atoms with van der Waals surface area (Å²) in [6.07, 6.45) is 3.09. The van der Waals surface area contributed by atoms with Crippen LogP contribution in [0.4, 0.5) is 4.39 Å². The Bertz CT molecular complexity index is 398. The summed E-state index contributed by atoms with van der Waals surface area (Å²) in [5, 5.41) is 0. The third kappa shape index (κ3) is 3.80. The van der Waals surface area contributed by atoms with E-state index in [0.717, 1.165) is 32.4 Å². The van der Waals surface area contributed by atoms with E-state index in [1.54, 1.807) is 6.07 Å². The van der Waals surface area contributed by atoms with Crippen LogP contribution < -0.4 is 5.73 Å². The van der Waals surface area contributed by atoms with Crippen molar-refractivity contribution in [3.05, 3.63) is 35.6 Å². The number of hydrogen-bond acceptors (Lipinski definition) is 2. The predicted molar refractivity (Wildman–Crippen MR) is 84.2 cm³/mol. The number of rotatable bonds is 8. The predicted octanol–water partition coefficient (Wildman–Crippen LogP) is 3.90. The highest BCUT2D eigenvalue weighted by Crippen LogP contribution is 2.29. The van der Waals surface area contributed by atoms with Gasteiger partial charge in [-0.2, -0.15) is 0 Å². The molecule has 2 unspecified atom stereocenters. The van der Waals surface area contributed by atoms with E-state index in [0.29, 0.717) is 5.56 Å². The molecule has 0 aromatic heterocycles. The van der Waals surface area contributed by atoms with Gasteiger partial charge in [-0.15, -0.1) is 0 Å². The smallest absolute Gasteiger partial charge is 0.128 e. The van der Waals surface area contributed by atoms with Crippen LogP contribution in [-0.4, -0.2) is 24.0 Å². The molecule has 0 aliphatic carbocycles. The first-order valence-electron chi connectivity index (χ1n) is 7.76. The van der Waals surface area contributed by atoms with Gasteiger partial charge in [-0.05, 0) is 45.3 Å². The van der Waals surface area contributed by atoms with E-state index in [1.807, 2.05) is 19.1 Å². The van der Waals surface area contributed by atoms with Gasteiger partial charge in [0.1, 0.15) is 5.82 Å².